The minimum atomic E-state index is -0.456. The number of benzene rings is 5. The second kappa shape index (κ2) is 10.7. The Kier molecular flexibility index (Phi) is 4.17. The lowest BCUT2D eigenvalue weighted by Gasteiger charge is -2.10. The van der Waals surface area contributed by atoms with Crippen molar-refractivity contribution in [1.82, 2.24) is 19.9 Å². The number of hydrogen-bond acceptors (Lipinski definition) is 4. The van der Waals surface area contributed by atoms with E-state index < -0.39 is 36.3 Å². The zero-order chi connectivity index (χ0) is 39.2. The minimum absolute atomic E-state index is 0.0362. The van der Waals surface area contributed by atoms with E-state index in [-0.39, 0.29) is 46.7 Å². The number of aromatic nitrogens is 4. The highest BCUT2D eigenvalue weighted by atomic mass is 14.8. The van der Waals surface area contributed by atoms with E-state index in [1.165, 1.54) is 0 Å². The molecule has 0 spiro atoms. The number of hydrogen-bond donors (Lipinski definition) is 0. The molecule has 0 aliphatic heterocycles. The van der Waals surface area contributed by atoms with Gasteiger partial charge in [0, 0.05) is 56.2 Å². The van der Waals surface area contributed by atoms with E-state index in [4.69, 9.17) is 33.6 Å². The van der Waals surface area contributed by atoms with Crippen molar-refractivity contribution < 1.29 is 13.7 Å². The highest BCUT2D eigenvalue weighted by Crippen LogP contribution is 2.33. The summed E-state index contributed by atoms with van der Waals surface area (Å²) in [5, 5.41) is 3.24. The Hall–Kier alpha value is -6.26. The predicted molar refractivity (Wildman–Crippen MR) is 189 cm³/mol. The Morgan fingerprint density at radius 2 is 0.804 bits per heavy atom. The molecule has 0 fully saturated rings. The van der Waals surface area contributed by atoms with Gasteiger partial charge in [-0.15, -0.1) is 0 Å². The third kappa shape index (κ3) is 4.56. The summed E-state index contributed by atoms with van der Waals surface area (Å²) in [5.41, 5.74) is 6.51. The maximum Gasteiger partial charge on any atom is 0.0972 e. The molecule has 0 unspecified atom stereocenters. The molecule has 4 heteroatoms. The fourth-order valence-corrected chi connectivity index (χ4v) is 5.79. The van der Waals surface area contributed by atoms with Crippen molar-refractivity contribution in [3.05, 3.63) is 158 Å². The van der Waals surface area contributed by atoms with Crippen molar-refractivity contribution in [3.63, 3.8) is 0 Å². The highest BCUT2D eigenvalue weighted by molar-refractivity contribution is 6.05. The van der Waals surface area contributed by atoms with E-state index in [0.29, 0.717) is 22.1 Å². The summed E-state index contributed by atoms with van der Waals surface area (Å²) in [6.07, 6.45) is 3.53. The number of rotatable bonds is 4. The predicted octanol–water partition coefficient (Wildman–Crippen LogP) is 10.5. The molecule has 9 aromatic rings. The van der Waals surface area contributed by atoms with Crippen molar-refractivity contribution in [1.29, 1.82) is 0 Å². The van der Waals surface area contributed by atoms with Crippen LogP contribution in [0.4, 0.5) is 0 Å². The largest absolute Gasteiger partial charge is 0.253 e. The van der Waals surface area contributed by atoms with Crippen molar-refractivity contribution in [2.24, 2.45) is 0 Å². The molecule has 214 valence electrons. The molecule has 0 atom stereocenters. The molecule has 9 rings (SSSR count). The van der Waals surface area contributed by atoms with E-state index in [0.717, 1.165) is 43.8 Å². The van der Waals surface area contributed by atoms with Gasteiger partial charge in [0.05, 0.1) is 47.2 Å². The molecule has 4 nitrogen and oxygen atoms in total. The summed E-state index contributed by atoms with van der Waals surface area (Å²) < 4.78 is 82.0. The standard InChI is InChI=1S/C42H26N4/c1-3-8-27(9-4-1)37-20-18-29-14-16-33-23-35(25-43-39(33)41(29)45-37)31-12-7-13-32(22-31)36-24-34-17-15-30-19-21-38(28-10-5-2-6-11-28)46-42(30)40(34)44-26-36/h1-26H/i1D,2D,3D,4D,5D,6D,8D,9D,10D,11D. The molecule has 46 heavy (non-hydrogen) atoms. The van der Waals surface area contributed by atoms with Gasteiger partial charge in [-0.3, -0.25) is 9.97 Å². The van der Waals surface area contributed by atoms with E-state index in [1.807, 2.05) is 66.7 Å². The molecule has 5 aromatic carbocycles. The van der Waals surface area contributed by atoms with Crippen LogP contribution >= 0.6 is 0 Å². The highest BCUT2D eigenvalue weighted by Gasteiger charge is 2.11. The fourth-order valence-electron chi connectivity index (χ4n) is 5.79. The Labute approximate surface area is 279 Å². The Morgan fingerprint density at radius 1 is 0.370 bits per heavy atom. The van der Waals surface area contributed by atoms with Crippen LogP contribution in [-0.2, 0) is 0 Å². The lowest BCUT2D eigenvalue weighted by Crippen LogP contribution is -1.91. The van der Waals surface area contributed by atoms with Crippen LogP contribution in [0.3, 0.4) is 0 Å². The van der Waals surface area contributed by atoms with Gasteiger partial charge >= 0.3 is 0 Å². The summed E-state index contributed by atoms with van der Waals surface area (Å²) in [5.74, 6) is 0. The molecule has 0 N–H and O–H groups in total. The van der Waals surface area contributed by atoms with Gasteiger partial charge in [-0.1, -0.05) is 115 Å². The Balaban J connectivity index is 1.09. The lowest BCUT2D eigenvalue weighted by atomic mass is 9.98. The summed E-state index contributed by atoms with van der Waals surface area (Å²) in [6, 6.07) is 22.9. The smallest absolute Gasteiger partial charge is 0.0972 e. The maximum atomic E-state index is 8.42. The van der Waals surface area contributed by atoms with Gasteiger partial charge in [0.15, 0.2) is 0 Å². The normalized spacial score (nSPS) is 14.5. The van der Waals surface area contributed by atoms with Crippen molar-refractivity contribution in [2.45, 2.75) is 0 Å². The molecule has 0 aliphatic carbocycles. The molecule has 4 heterocycles. The van der Waals surface area contributed by atoms with Crippen molar-refractivity contribution in [2.75, 3.05) is 0 Å². The van der Waals surface area contributed by atoms with E-state index >= 15 is 0 Å². The third-order valence-corrected chi connectivity index (χ3v) is 8.06. The lowest BCUT2D eigenvalue weighted by molar-refractivity contribution is 1.36. The van der Waals surface area contributed by atoms with Crippen molar-refractivity contribution in [3.8, 4) is 44.8 Å². The van der Waals surface area contributed by atoms with E-state index in [1.54, 1.807) is 24.5 Å². The first kappa shape index (κ1) is 17.9. The van der Waals surface area contributed by atoms with Crippen LogP contribution in [0.15, 0.2) is 158 Å². The average Bonchev–Trinajstić information content (AvgIpc) is 3.23. The topological polar surface area (TPSA) is 51.6 Å². The molecule has 0 saturated carbocycles. The Bertz CT molecular complexity index is 2900. The van der Waals surface area contributed by atoms with Gasteiger partial charge in [0.2, 0.25) is 0 Å². The van der Waals surface area contributed by atoms with Crippen LogP contribution in [0.5, 0.6) is 0 Å². The van der Waals surface area contributed by atoms with E-state index in [2.05, 4.69) is 6.07 Å². The van der Waals surface area contributed by atoms with Crippen LogP contribution in [0.25, 0.3) is 88.4 Å². The first-order valence-corrected chi connectivity index (χ1v) is 14.6. The molecule has 0 bridgehead atoms. The number of fused-ring (bicyclic) bond motifs is 6. The molecule has 0 saturated heterocycles. The molecule has 0 aliphatic rings. The second-order valence-corrected chi connectivity index (χ2v) is 10.8. The first-order valence-electron chi connectivity index (χ1n) is 19.6. The zero-order valence-corrected chi connectivity index (χ0v) is 24.0. The van der Waals surface area contributed by atoms with Gasteiger partial charge in [0.25, 0.3) is 0 Å². The fraction of sp³-hybridized carbons (Fsp3) is 0. The summed E-state index contributed by atoms with van der Waals surface area (Å²) in [7, 11) is 0. The first-order chi connectivity index (χ1) is 26.9. The van der Waals surface area contributed by atoms with Crippen LogP contribution in [-0.4, -0.2) is 19.9 Å². The van der Waals surface area contributed by atoms with Crippen LogP contribution in [0.1, 0.15) is 13.7 Å². The van der Waals surface area contributed by atoms with Crippen molar-refractivity contribution >= 4 is 43.6 Å². The van der Waals surface area contributed by atoms with Gasteiger partial charge in [0.1, 0.15) is 0 Å². The number of nitrogens with zero attached hydrogens (tertiary/aromatic N) is 4. The van der Waals surface area contributed by atoms with E-state index in [9.17, 15) is 0 Å². The van der Waals surface area contributed by atoms with Crippen LogP contribution in [0, 0.1) is 0 Å². The average molecular weight is 597 g/mol. The Morgan fingerprint density at radius 3 is 1.28 bits per heavy atom. The third-order valence-electron chi connectivity index (χ3n) is 8.06. The second-order valence-electron chi connectivity index (χ2n) is 10.8. The monoisotopic (exact) mass is 596 g/mol. The molecule has 4 aromatic heterocycles. The molecule has 0 radical (unpaired) electrons. The quantitative estimate of drug-likeness (QED) is 0.190. The van der Waals surface area contributed by atoms with Gasteiger partial charge in [-0.25, -0.2) is 9.97 Å². The molecule has 0 amide bonds. The summed E-state index contributed by atoms with van der Waals surface area (Å²) in [6.45, 7) is 0. The molecular formula is C42H26N4. The summed E-state index contributed by atoms with van der Waals surface area (Å²) >= 11 is 0. The van der Waals surface area contributed by atoms with Crippen LogP contribution in [0.2, 0.25) is 0 Å². The van der Waals surface area contributed by atoms with Gasteiger partial charge in [-0.2, -0.15) is 0 Å². The maximum absolute atomic E-state index is 8.42. The van der Waals surface area contributed by atoms with Crippen LogP contribution < -0.4 is 0 Å². The molecular weight excluding hydrogens is 560 g/mol. The minimum Gasteiger partial charge on any atom is -0.253 e. The zero-order valence-electron chi connectivity index (χ0n) is 34.0. The van der Waals surface area contributed by atoms with Gasteiger partial charge < -0.3 is 0 Å². The summed E-state index contributed by atoms with van der Waals surface area (Å²) in [4.78, 5) is 19.1. The number of pyridine rings is 4. The van der Waals surface area contributed by atoms with Gasteiger partial charge in [-0.05, 0) is 41.5 Å². The SMILES string of the molecule is [2H]c1c([2H])c([2H])c(-c2ccc3ccc4cc(-c5cccc(-c6cnc7c(ccc8ccc(-c9c([2H])c([2H])c([2H])c([2H])c9[2H])nc87)c6)c5)cnc4c3n2)c([2H])c1[2H].